The van der Waals surface area contributed by atoms with Crippen molar-refractivity contribution in [3.63, 3.8) is 0 Å². The van der Waals surface area contributed by atoms with E-state index >= 15 is 0 Å². The summed E-state index contributed by atoms with van der Waals surface area (Å²) < 4.78 is 10.5. The highest BCUT2D eigenvalue weighted by atomic mass is 35.5. The maximum atomic E-state index is 12.3. The summed E-state index contributed by atoms with van der Waals surface area (Å²) in [6.45, 7) is 2.77. The Balaban J connectivity index is 1.55. The molecule has 0 radical (unpaired) electrons. The molecule has 0 atom stereocenters. The number of benzene rings is 2. The second-order valence-electron chi connectivity index (χ2n) is 5.86. The zero-order valence-electron chi connectivity index (χ0n) is 14.3. The van der Waals surface area contributed by atoms with Crippen molar-refractivity contribution in [2.75, 3.05) is 19.9 Å². The van der Waals surface area contributed by atoms with Gasteiger partial charge >= 0.3 is 0 Å². The number of halogens is 1. The van der Waals surface area contributed by atoms with Gasteiger partial charge in [0.25, 0.3) is 5.91 Å². The van der Waals surface area contributed by atoms with E-state index in [4.69, 9.17) is 21.1 Å². The van der Waals surface area contributed by atoms with E-state index in [1.165, 1.54) is 6.92 Å². The minimum Gasteiger partial charge on any atom is -0.454 e. The molecular formula is C19H19ClN2O4. The van der Waals surface area contributed by atoms with Gasteiger partial charge in [-0.2, -0.15) is 0 Å². The SMILES string of the molecule is CC(=O)N(CCNC(=O)c1ccc2c(c1)OCO2)Cc1ccccc1Cl. The fourth-order valence-electron chi connectivity index (χ4n) is 2.62. The minimum atomic E-state index is -0.232. The quantitative estimate of drug-likeness (QED) is 0.844. The first kappa shape index (κ1) is 18.1. The van der Waals surface area contributed by atoms with Gasteiger partial charge in [-0.25, -0.2) is 0 Å². The number of nitrogens with one attached hydrogen (secondary N) is 1. The molecule has 0 aromatic heterocycles. The lowest BCUT2D eigenvalue weighted by molar-refractivity contribution is -0.129. The fraction of sp³-hybridized carbons (Fsp3) is 0.263. The molecule has 26 heavy (non-hydrogen) atoms. The van der Waals surface area contributed by atoms with Crippen LogP contribution in [0.2, 0.25) is 5.02 Å². The topological polar surface area (TPSA) is 67.9 Å². The Labute approximate surface area is 156 Å². The van der Waals surface area contributed by atoms with E-state index < -0.39 is 0 Å². The van der Waals surface area contributed by atoms with Crippen LogP contribution in [0.5, 0.6) is 11.5 Å². The Bertz CT molecular complexity index is 825. The second-order valence-corrected chi connectivity index (χ2v) is 6.26. The van der Waals surface area contributed by atoms with Crippen molar-refractivity contribution in [1.82, 2.24) is 10.2 Å². The first-order chi connectivity index (χ1) is 12.5. The molecule has 2 aromatic carbocycles. The molecule has 0 aliphatic carbocycles. The monoisotopic (exact) mass is 374 g/mol. The molecular weight excluding hydrogens is 356 g/mol. The Morgan fingerprint density at radius 2 is 1.92 bits per heavy atom. The Morgan fingerprint density at radius 1 is 1.15 bits per heavy atom. The van der Waals surface area contributed by atoms with Gasteiger partial charge in [0.1, 0.15) is 0 Å². The molecule has 136 valence electrons. The number of carbonyl (C=O) groups is 2. The average Bonchev–Trinajstić information content (AvgIpc) is 3.09. The summed E-state index contributed by atoms with van der Waals surface area (Å²) >= 11 is 6.15. The smallest absolute Gasteiger partial charge is 0.251 e. The van der Waals surface area contributed by atoms with Crippen molar-refractivity contribution >= 4 is 23.4 Å². The minimum absolute atomic E-state index is 0.0813. The molecule has 7 heteroatoms. The lowest BCUT2D eigenvalue weighted by atomic mass is 10.2. The first-order valence-corrected chi connectivity index (χ1v) is 8.59. The summed E-state index contributed by atoms with van der Waals surface area (Å²) in [5.41, 5.74) is 1.35. The van der Waals surface area contributed by atoms with Crippen LogP contribution in [0.4, 0.5) is 0 Å². The van der Waals surface area contributed by atoms with Crippen LogP contribution in [0.25, 0.3) is 0 Å². The Morgan fingerprint density at radius 3 is 2.69 bits per heavy atom. The van der Waals surface area contributed by atoms with Crippen LogP contribution in [-0.2, 0) is 11.3 Å². The van der Waals surface area contributed by atoms with Crippen LogP contribution >= 0.6 is 11.6 Å². The third kappa shape index (κ3) is 4.26. The third-order valence-corrected chi connectivity index (χ3v) is 4.44. The van der Waals surface area contributed by atoms with Gasteiger partial charge < -0.3 is 19.7 Å². The molecule has 3 rings (SSSR count). The van der Waals surface area contributed by atoms with Gasteiger partial charge in [0.15, 0.2) is 11.5 Å². The molecule has 0 spiro atoms. The summed E-state index contributed by atoms with van der Waals surface area (Å²) in [4.78, 5) is 25.8. The summed E-state index contributed by atoms with van der Waals surface area (Å²) in [6.07, 6.45) is 0. The zero-order valence-corrected chi connectivity index (χ0v) is 15.1. The molecule has 1 N–H and O–H groups in total. The van der Waals surface area contributed by atoms with E-state index in [9.17, 15) is 9.59 Å². The van der Waals surface area contributed by atoms with Gasteiger partial charge in [-0.3, -0.25) is 9.59 Å². The highest BCUT2D eigenvalue weighted by Gasteiger charge is 2.17. The van der Waals surface area contributed by atoms with Crippen LogP contribution < -0.4 is 14.8 Å². The van der Waals surface area contributed by atoms with Gasteiger partial charge in [-0.1, -0.05) is 29.8 Å². The van der Waals surface area contributed by atoms with Crippen molar-refractivity contribution < 1.29 is 19.1 Å². The number of fused-ring (bicyclic) bond motifs is 1. The van der Waals surface area contributed by atoms with Gasteiger partial charge in [0.2, 0.25) is 12.7 Å². The van der Waals surface area contributed by atoms with E-state index in [0.29, 0.717) is 41.7 Å². The fourth-order valence-corrected chi connectivity index (χ4v) is 2.82. The number of rotatable bonds is 6. The molecule has 2 amide bonds. The van der Waals surface area contributed by atoms with Crippen molar-refractivity contribution in [3.05, 3.63) is 58.6 Å². The number of amides is 2. The molecule has 6 nitrogen and oxygen atoms in total. The maximum absolute atomic E-state index is 12.3. The number of nitrogens with zero attached hydrogens (tertiary/aromatic N) is 1. The first-order valence-electron chi connectivity index (χ1n) is 8.21. The van der Waals surface area contributed by atoms with Crippen LogP contribution in [0.3, 0.4) is 0 Å². The summed E-state index contributed by atoms with van der Waals surface area (Å²) in [7, 11) is 0. The average molecular weight is 375 g/mol. The molecule has 0 unspecified atom stereocenters. The van der Waals surface area contributed by atoms with E-state index in [-0.39, 0.29) is 18.6 Å². The normalized spacial score (nSPS) is 11.9. The third-order valence-electron chi connectivity index (χ3n) is 4.07. The lowest BCUT2D eigenvalue weighted by Gasteiger charge is -2.22. The summed E-state index contributed by atoms with van der Waals surface area (Å²) in [6, 6.07) is 12.4. The van der Waals surface area contributed by atoms with E-state index in [1.807, 2.05) is 18.2 Å². The summed E-state index contributed by atoms with van der Waals surface area (Å²) in [5, 5.41) is 3.43. The number of ether oxygens (including phenoxy) is 2. The second kappa shape index (κ2) is 8.10. The van der Waals surface area contributed by atoms with Crippen molar-refractivity contribution in [1.29, 1.82) is 0 Å². The molecule has 0 saturated carbocycles. The maximum Gasteiger partial charge on any atom is 0.251 e. The summed E-state index contributed by atoms with van der Waals surface area (Å²) in [5.74, 6) is 0.873. The molecule has 0 saturated heterocycles. The predicted octanol–water partition coefficient (Wildman–Crippen LogP) is 2.85. The van der Waals surface area contributed by atoms with Crippen molar-refractivity contribution in [3.8, 4) is 11.5 Å². The molecule has 0 bridgehead atoms. The highest BCUT2D eigenvalue weighted by molar-refractivity contribution is 6.31. The Hall–Kier alpha value is -2.73. The predicted molar refractivity (Wildman–Crippen MR) is 97.4 cm³/mol. The van der Waals surface area contributed by atoms with Gasteiger partial charge in [0.05, 0.1) is 0 Å². The molecule has 2 aromatic rings. The highest BCUT2D eigenvalue weighted by Crippen LogP contribution is 2.32. The zero-order chi connectivity index (χ0) is 18.5. The number of hydrogen-bond donors (Lipinski definition) is 1. The van der Waals surface area contributed by atoms with Crippen LogP contribution in [0.15, 0.2) is 42.5 Å². The van der Waals surface area contributed by atoms with E-state index in [2.05, 4.69) is 5.32 Å². The molecule has 1 aliphatic heterocycles. The number of hydrogen-bond acceptors (Lipinski definition) is 4. The molecule has 1 heterocycles. The molecule has 0 fully saturated rings. The Kier molecular flexibility index (Phi) is 5.63. The van der Waals surface area contributed by atoms with Gasteiger partial charge in [-0.15, -0.1) is 0 Å². The standard InChI is InChI=1S/C19H19ClN2O4/c1-13(23)22(11-15-4-2-3-5-16(15)20)9-8-21-19(24)14-6-7-17-18(10-14)26-12-25-17/h2-7,10H,8-9,11-12H2,1H3,(H,21,24). The van der Waals surface area contributed by atoms with E-state index in [0.717, 1.165) is 5.56 Å². The van der Waals surface area contributed by atoms with Gasteiger partial charge in [0, 0.05) is 37.1 Å². The van der Waals surface area contributed by atoms with Crippen LogP contribution in [-0.4, -0.2) is 36.6 Å². The molecule has 1 aliphatic rings. The van der Waals surface area contributed by atoms with Gasteiger partial charge in [-0.05, 0) is 29.8 Å². The van der Waals surface area contributed by atoms with Crippen molar-refractivity contribution in [2.45, 2.75) is 13.5 Å². The lowest BCUT2D eigenvalue weighted by Crippen LogP contribution is -2.37. The van der Waals surface area contributed by atoms with E-state index in [1.54, 1.807) is 29.2 Å². The van der Waals surface area contributed by atoms with Crippen molar-refractivity contribution in [2.24, 2.45) is 0 Å². The number of carbonyl (C=O) groups excluding carboxylic acids is 2. The van der Waals surface area contributed by atoms with Crippen LogP contribution in [0, 0.1) is 0 Å². The van der Waals surface area contributed by atoms with Crippen LogP contribution in [0.1, 0.15) is 22.8 Å². The largest absolute Gasteiger partial charge is 0.454 e.